The Morgan fingerprint density at radius 2 is 1.92 bits per heavy atom. The molecule has 0 spiro atoms. The number of nitrogens with one attached hydrogen (secondary N) is 2. The van der Waals surface area contributed by atoms with Gasteiger partial charge in [-0.05, 0) is 48.5 Å². The summed E-state index contributed by atoms with van der Waals surface area (Å²) in [6.07, 6.45) is 1.20. The van der Waals surface area contributed by atoms with E-state index in [-0.39, 0.29) is 17.1 Å². The minimum absolute atomic E-state index is 0.172. The van der Waals surface area contributed by atoms with Gasteiger partial charge in [-0.25, -0.2) is 14.2 Å². The predicted molar refractivity (Wildman–Crippen MR) is 93.1 cm³/mol. The quantitative estimate of drug-likeness (QED) is 0.511. The van der Waals surface area contributed by atoms with Gasteiger partial charge in [0.15, 0.2) is 0 Å². The summed E-state index contributed by atoms with van der Waals surface area (Å²) in [6, 6.07) is 11.6. The van der Waals surface area contributed by atoms with Crippen molar-refractivity contribution in [3.8, 4) is 11.3 Å². The molecular weight excluding hydrogens is 394 g/mol. The second kappa shape index (κ2) is 7.35. The summed E-state index contributed by atoms with van der Waals surface area (Å²) in [7, 11) is 0. The van der Waals surface area contributed by atoms with Crippen LogP contribution in [-0.2, 0) is 0 Å². The van der Waals surface area contributed by atoms with Crippen LogP contribution in [0.25, 0.3) is 11.3 Å². The van der Waals surface area contributed by atoms with Crippen LogP contribution in [0.5, 0.6) is 0 Å². The first kappa shape index (κ1) is 17.0. The Morgan fingerprint density at radius 3 is 2.68 bits per heavy atom. The lowest BCUT2D eigenvalue weighted by atomic mass is 10.1. The van der Waals surface area contributed by atoms with Crippen molar-refractivity contribution in [3.63, 3.8) is 0 Å². The number of amides is 1. The molecule has 0 atom stereocenters. The fourth-order valence-electron chi connectivity index (χ4n) is 2.04. The minimum Gasteiger partial charge on any atom is -0.272 e. The first-order valence-corrected chi connectivity index (χ1v) is 7.92. The molecule has 0 saturated carbocycles. The molecule has 1 heterocycles. The lowest BCUT2D eigenvalue weighted by Gasteiger charge is -1.98. The molecule has 8 heteroatoms. The Hall–Kier alpha value is -2.87. The Morgan fingerprint density at radius 1 is 1.16 bits per heavy atom. The number of nitrogens with zero attached hydrogens (tertiary/aromatic N) is 2. The standard InChI is InChI=1S/C17H11BrF2N4O/c18-12-3-6-14(20)11(7-12)9-21-24-17(25)16-8-15(22-23-16)10-1-4-13(19)5-2-10/h1-9H,(H,22,23)(H,24,25). The summed E-state index contributed by atoms with van der Waals surface area (Å²) >= 11 is 3.23. The van der Waals surface area contributed by atoms with Crippen LogP contribution >= 0.6 is 15.9 Å². The zero-order valence-electron chi connectivity index (χ0n) is 12.6. The second-order valence-corrected chi connectivity index (χ2v) is 5.95. The van der Waals surface area contributed by atoms with Crippen molar-refractivity contribution in [3.05, 3.63) is 75.9 Å². The van der Waals surface area contributed by atoms with Crippen molar-refractivity contribution in [1.82, 2.24) is 15.6 Å². The number of hydrogen-bond acceptors (Lipinski definition) is 3. The molecule has 25 heavy (non-hydrogen) atoms. The van der Waals surface area contributed by atoms with Gasteiger partial charge in [0.05, 0.1) is 11.9 Å². The monoisotopic (exact) mass is 404 g/mol. The molecule has 0 bridgehead atoms. The first-order valence-electron chi connectivity index (χ1n) is 7.13. The van der Waals surface area contributed by atoms with E-state index in [0.29, 0.717) is 15.7 Å². The Kier molecular flexibility index (Phi) is 4.99. The SMILES string of the molecule is O=C(NN=Cc1cc(Br)ccc1F)c1cc(-c2ccc(F)cc2)n[nH]1. The third-order valence-electron chi connectivity index (χ3n) is 3.29. The van der Waals surface area contributed by atoms with Crippen LogP contribution in [0.3, 0.4) is 0 Å². The highest BCUT2D eigenvalue weighted by atomic mass is 79.9. The van der Waals surface area contributed by atoms with E-state index in [4.69, 9.17) is 0 Å². The maximum absolute atomic E-state index is 13.6. The molecule has 0 aliphatic heterocycles. The third kappa shape index (κ3) is 4.16. The van der Waals surface area contributed by atoms with Gasteiger partial charge in [0.1, 0.15) is 17.3 Å². The van der Waals surface area contributed by atoms with Gasteiger partial charge < -0.3 is 0 Å². The molecule has 0 aliphatic rings. The highest BCUT2D eigenvalue weighted by Gasteiger charge is 2.10. The highest BCUT2D eigenvalue weighted by Crippen LogP contribution is 2.18. The van der Waals surface area contributed by atoms with E-state index < -0.39 is 11.7 Å². The Labute approximate surface area is 149 Å². The molecule has 0 unspecified atom stereocenters. The number of H-pyrrole nitrogens is 1. The topological polar surface area (TPSA) is 70.1 Å². The third-order valence-corrected chi connectivity index (χ3v) is 3.78. The minimum atomic E-state index is -0.535. The van der Waals surface area contributed by atoms with Crippen LogP contribution in [-0.4, -0.2) is 22.3 Å². The molecule has 3 rings (SSSR count). The molecular formula is C17H11BrF2N4O. The largest absolute Gasteiger partial charge is 0.289 e. The maximum atomic E-state index is 13.6. The van der Waals surface area contributed by atoms with Gasteiger partial charge in [0, 0.05) is 15.6 Å². The zero-order chi connectivity index (χ0) is 17.8. The summed E-state index contributed by atoms with van der Waals surface area (Å²) in [4.78, 5) is 12.0. The average molecular weight is 405 g/mol. The van der Waals surface area contributed by atoms with E-state index in [0.717, 1.165) is 0 Å². The van der Waals surface area contributed by atoms with E-state index in [9.17, 15) is 13.6 Å². The summed E-state index contributed by atoms with van der Waals surface area (Å²) < 4.78 is 27.2. The normalized spacial score (nSPS) is 11.0. The van der Waals surface area contributed by atoms with Gasteiger partial charge in [0.2, 0.25) is 0 Å². The number of halogens is 3. The van der Waals surface area contributed by atoms with Crippen molar-refractivity contribution in [2.75, 3.05) is 0 Å². The molecule has 3 aromatic rings. The average Bonchev–Trinajstić information content (AvgIpc) is 3.08. The molecule has 0 aliphatic carbocycles. The molecule has 2 aromatic carbocycles. The van der Waals surface area contributed by atoms with E-state index in [2.05, 4.69) is 36.7 Å². The molecule has 2 N–H and O–H groups in total. The number of benzene rings is 2. The summed E-state index contributed by atoms with van der Waals surface area (Å²) in [5, 5.41) is 10.3. The number of hydrazone groups is 1. The van der Waals surface area contributed by atoms with Crippen LogP contribution < -0.4 is 5.43 Å². The van der Waals surface area contributed by atoms with Crippen molar-refractivity contribution in [2.24, 2.45) is 5.10 Å². The second-order valence-electron chi connectivity index (χ2n) is 5.04. The number of rotatable bonds is 4. The van der Waals surface area contributed by atoms with Gasteiger partial charge in [-0.15, -0.1) is 0 Å². The van der Waals surface area contributed by atoms with Gasteiger partial charge in [-0.3, -0.25) is 9.89 Å². The van der Waals surface area contributed by atoms with Crippen LogP contribution in [0.4, 0.5) is 8.78 Å². The lowest BCUT2D eigenvalue weighted by molar-refractivity contribution is 0.0950. The van der Waals surface area contributed by atoms with E-state index in [1.807, 2.05) is 0 Å². The first-order chi connectivity index (χ1) is 12.0. The van der Waals surface area contributed by atoms with Gasteiger partial charge >= 0.3 is 0 Å². The number of hydrogen-bond donors (Lipinski definition) is 2. The summed E-state index contributed by atoms with van der Waals surface area (Å²) in [5.41, 5.74) is 3.84. The zero-order valence-corrected chi connectivity index (χ0v) is 14.2. The van der Waals surface area contributed by atoms with E-state index in [1.54, 1.807) is 18.2 Å². The van der Waals surface area contributed by atoms with Crippen molar-refractivity contribution < 1.29 is 13.6 Å². The smallest absolute Gasteiger partial charge is 0.272 e. The molecule has 0 radical (unpaired) electrons. The number of carbonyl (C=O) groups is 1. The van der Waals surface area contributed by atoms with E-state index >= 15 is 0 Å². The lowest BCUT2D eigenvalue weighted by Crippen LogP contribution is -2.18. The summed E-state index contributed by atoms with van der Waals surface area (Å²) in [6.45, 7) is 0. The number of aromatic nitrogens is 2. The molecule has 0 fully saturated rings. The van der Waals surface area contributed by atoms with Crippen molar-refractivity contribution in [2.45, 2.75) is 0 Å². The Balaban J connectivity index is 1.69. The highest BCUT2D eigenvalue weighted by molar-refractivity contribution is 9.10. The van der Waals surface area contributed by atoms with Crippen LogP contribution in [0, 0.1) is 11.6 Å². The fraction of sp³-hybridized carbons (Fsp3) is 0. The molecule has 5 nitrogen and oxygen atoms in total. The molecule has 1 amide bonds. The number of carbonyl (C=O) groups excluding carboxylic acids is 1. The van der Waals surface area contributed by atoms with Crippen LogP contribution in [0.15, 0.2) is 58.1 Å². The molecule has 0 saturated heterocycles. The molecule has 126 valence electrons. The van der Waals surface area contributed by atoms with Gasteiger partial charge in [-0.2, -0.15) is 10.2 Å². The van der Waals surface area contributed by atoms with Gasteiger partial charge in [-0.1, -0.05) is 15.9 Å². The Bertz CT molecular complexity index is 938. The molecule has 1 aromatic heterocycles. The maximum Gasteiger partial charge on any atom is 0.289 e. The van der Waals surface area contributed by atoms with Gasteiger partial charge in [0.25, 0.3) is 5.91 Å². The fourth-order valence-corrected chi connectivity index (χ4v) is 2.42. The van der Waals surface area contributed by atoms with Crippen LogP contribution in [0.2, 0.25) is 0 Å². The predicted octanol–water partition coefficient (Wildman–Crippen LogP) is 3.88. The van der Waals surface area contributed by atoms with Crippen molar-refractivity contribution >= 4 is 28.1 Å². The van der Waals surface area contributed by atoms with Crippen molar-refractivity contribution in [1.29, 1.82) is 0 Å². The number of aromatic amines is 1. The van der Waals surface area contributed by atoms with Crippen LogP contribution in [0.1, 0.15) is 16.1 Å². The van der Waals surface area contributed by atoms with E-state index in [1.165, 1.54) is 36.5 Å². The summed E-state index contributed by atoms with van der Waals surface area (Å²) in [5.74, 6) is -1.35.